The molecule has 5 aromatic rings. The van der Waals surface area contributed by atoms with Crippen molar-refractivity contribution in [1.82, 2.24) is 20.9 Å². The maximum atomic E-state index is 13.1. The highest BCUT2D eigenvalue weighted by Crippen LogP contribution is 2.32. The first kappa shape index (κ1) is 37.5. The Labute approximate surface area is 309 Å². The number of phenols is 1. The van der Waals surface area contributed by atoms with Crippen molar-refractivity contribution < 1.29 is 44.3 Å². The molecule has 1 heterocycles. The van der Waals surface area contributed by atoms with Gasteiger partial charge in [-0.15, -0.1) is 0 Å². The van der Waals surface area contributed by atoms with Crippen molar-refractivity contribution in [2.45, 2.75) is 43.2 Å². The zero-order valence-corrected chi connectivity index (χ0v) is 29.2. The minimum atomic E-state index is -2.31. The summed E-state index contributed by atoms with van der Waals surface area (Å²) in [6.07, 6.45) is 0.0869. The molecule has 1 aliphatic rings. The Morgan fingerprint density at radius 2 is 1.65 bits per heavy atom. The fraction of sp³-hybridized carbons (Fsp3) is 0.250. The number of aromatic nitrogens is 1. The van der Waals surface area contributed by atoms with E-state index < -0.39 is 23.6 Å². The number of rotatable bonds is 15. The number of aromatic hydroxyl groups is 1. The van der Waals surface area contributed by atoms with Crippen molar-refractivity contribution in [3.63, 3.8) is 0 Å². The Hall–Kier alpha value is -6.22. The predicted molar refractivity (Wildman–Crippen MR) is 197 cm³/mol. The largest absolute Gasteiger partial charge is 0.506 e. The third kappa shape index (κ3) is 8.20. The summed E-state index contributed by atoms with van der Waals surface area (Å²) in [5.41, 5.74) is -0.457. The molecule has 54 heavy (non-hydrogen) atoms. The van der Waals surface area contributed by atoms with Gasteiger partial charge in [0.15, 0.2) is 6.61 Å². The molecular weight excluding hydrogens is 696 g/mol. The molecule has 1 fully saturated rings. The van der Waals surface area contributed by atoms with E-state index in [9.17, 15) is 39.6 Å². The third-order valence-electron chi connectivity index (χ3n) is 9.40. The van der Waals surface area contributed by atoms with Crippen molar-refractivity contribution in [3.8, 4) is 17.2 Å². The number of hydrogen-bond acceptors (Lipinski definition) is 10. The summed E-state index contributed by atoms with van der Waals surface area (Å²) in [6, 6.07) is 24.7. The normalized spacial score (nSPS) is 16.7. The van der Waals surface area contributed by atoms with Gasteiger partial charge in [-0.25, -0.2) is 4.79 Å². The molecule has 1 saturated carbocycles. The van der Waals surface area contributed by atoms with Gasteiger partial charge in [0.2, 0.25) is 11.2 Å². The molecule has 14 nitrogen and oxygen atoms in total. The van der Waals surface area contributed by atoms with E-state index in [2.05, 4.69) is 20.9 Å². The van der Waals surface area contributed by atoms with Crippen LogP contribution < -0.4 is 31.0 Å². The average Bonchev–Trinajstić information content (AvgIpc) is 3.16. The monoisotopic (exact) mass is 736 g/mol. The van der Waals surface area contributed by atoms with Crippen LogP contribution in [0, 0.1) is 0 Å². The van der Waals surface area contributed by atoms with E-state index in [1.165, 1.54) is 49.6 Å². The Kier molecular flexibility index (Phi) is 11.3. The molecule has 280 valence electrons. The first-order valence-corrected chi connectivity index (χ1v) is 17.2. The first-order valence-electron chi connectivity index (χ1n) is 17.2. The van der Waals surface area contributed by atoms with E-state index in [4.69, 9.17) is 9.47 Å². The molecule has 14 heteroatoms. The van der Waals surface area contributed by atoms with E-state index >= 15 is 0 Å². The van der Waals surface area contributed by atoms with Crippen LogP contribution in [0.5, 0.6) is 17.2 Å². The van der Waals surface area contributed by atoms with Crippen molar-refractivity contribution in [2.75, 3.05) is 20.3 Å². The number of aliphatic carboxylic acids is 1. The summed E-state index contributed by atoms with van der Waals surface area (Å²) >= 11 is 0. The lowest BCUT2D eigenvalue weighted by molar-refractivity contribution is -0.155. The second-order valence-corrected chi connectivity index (χ2v) is 13.1. The van der Waals surface area contributed by atoms with Crippen LogP contribution in [0.15, 0.2) is 102 Å². The molecule has 0 saturated heterocycles. The Morgan fingerprint density at radius 1 is 0.907 bits per heavy atom. The Balaban J connectivity index is 0.955. The Morgan fingerprint density at radius 3 is 2.39 bits per heavy atom. The van der Waals surface area contributed by atoms with Gasteiger partial charge in [-0.1, -0.05) is 54.6 Å². The second kappa shape index (κ2) is 16.2. The topological polar surface area (TPSA) is 220 Å². The van der Waals surface area contributed by atoms with Gasteiger partial charge >= 0.3 is 5.97 Å². The Bertz CT molecular complexity index is 2220. The minimum Gasteiger partial charge on any atom is -0.506 e. The number of phenolic OH excluding ortho intramolecular Hbond substituents is 1. The zero-order valence-electron chi connectivity index (χ0n) is 29.2. The summed E-state index contributed by atoms with van der Waals surface area (Å²) < 4.78 is 11.1. The number of aliphatic hydroxyl groups excluding tert-OH is 1. The smallest absolute Gasteiger partial charge is 0.345 e. The maximum absolute atomic E-state index is 13.1. The number of nitrogens with one attached hydrogen (secondary N) is 4. The number of aliphatic hydroxyl groups is 2. The molecule has 0 bridgehead atoms. The number of carboxylic acid groups (broad SMARTS) is 1. The van der Waals surface area contributed by atoms with Crippen LogP contribution >= 0.6 is 0 Å². The van der Waals surface area contributed by atoms with Gasteiger partial charge in [0.25, 0.3) is 11.8 Å². The number of fused-ring (bicyclic) bond motifs is 1. The molecular formula is C40H40N4O10. The van der Waals surface area contributed by atoms with Crippen LogP contribution in [0.3, 0.4) is 0 Å². The highest BCUT2D eigenvalue weighted by Gasteiger charge is 2.40. The number of H-pyrrole nitrogens is 1. The number of hydrogen-bond donors (Lipinski definition) is 8. The minimum absolute atomic E-state index is 0.0801. The van der Waals surface area contributed by atoms with Crippen molar-refractivity contribution in [1.29, 1.82) is 0 Å². The number of benzene rings is 4. The van der Waals surface area contributed by atoms with E-state index in [1.807, 2.05) is 0 Å². The summed E-state index contributed by atoms with van der Waals surface area (Å²) in [4.78, 5) is 52.2. The molecule has 2 atom stereocenters. The lowest BCUT2D eigenvalue weighted by Crippen LogP contribution is -2.54. The molecule has 1 aromatic heterocycles. The number of carbonyl (C=O) groups excluding carboxylic acids is 2. The quantitative estimate of drug-likeness (QED) is 0.0781. The van der Waals surface area contributed by atoms with Crippen LogP contribution in [0.1, 0.15) is 51.6 Å². The van der Waals surface area contributed by atoms with E-state index in [-0.39, 0.29) is 64.8 Å². The molecule has 0 spiro atoms. The lowest BCUT2D eigenvalue weighted by atomic mass is 9.86. The van der Waals surface area contributed by atoms with Gasteiger partial charge in [0.05, 0.1) is 24.3 Å². The standard InChI is InChI=1S/C40H40N4O10/c1-53-34-16-23(20-41-21-33(46)29-12-14-32(45)37-30(29)13-15-35(47)44-37)10-11-31(34)38(49)43-27-18-26(19-27)42-36(48)22-54-28-9-5-8-25(17-28)40(52,39(50)51)24-6-3-2-4-7-24/h2-17,26-27,33,41,45-46,52H,18-22H2,1H3,(H,42,48)(H,43,49)(H,44,47)(H,50,51). The van der Waals surface area contributed by atoms with Crippen molar-refractivity contribution in [2.24, 2.45) is 0 Å². The fourth-order valence-corrected chi connectivity index (χ4v) is 6.48. The van der Waals surface area contributed by atoms with E-state index in [0.29, 0.717) is 41.6 Å². The third-order valence-corrected chi connectivity index (χ3v) is 9.40. The number of aromatic amines is 1. The molecule has 2 unspecified atom stereocenters. The molecule has 4 aromatic carbocycles. The first-order chi connectivity index (χ1) is 26.0. The van der Waals surface area contributed by atoms with E-state index in [1.54, 1.807) is 54.6 Å². The summed E-state index contributed by atoms with van der Waals surface area (Å²) in [5, 5.41) is 51.5. The number of carboxylic acids is 1. The molecule has 1 aliphatic carbocycles. The molecule has 8 N–H and O–H groups in total. The molecule has 0 radical (unpaired) electrons. The van der Waals surface area contributed by atoms with Gasteiger partial charge in [-0.05, 0) is 65.9 Å². The number of methoxy groups -OCH3 is 1. The zero-order chi connectivity index (χ0) is 38.4. The highest BCUT2D eigenvalue weighted by molar-refractivity contribution is 5.97. The van der Waals surface area contributed by atoms with Gasteiger partial charge in [0.1, 0.15) is 17.2 Å². The SMILES string of the molecule is COc1cc(CNCC(O)c2ccc(O)c3[nH]c(=O)ccc23)ccc1C(=O)NC1CC(NC(=O)COc2cccc(C(O)(C(=O)O)c3ccccc3)c2)C1. The summed E-state index contributed by atoms with van der Waals surface area (Å²) in [6.45, 7) is 0.203. The number of ether oxygens (including phenoxy) is 2. The van der Waals surface area contributed by atoms with Crippen LogP contribution in [0.2, 0.25) is 0 Å². The van der Waals surface area contributed by atoms with Gasteiger partial charge in [0, 0.05) is 42.2 Å². The van der Waals surface area contributed by atoms with Crippen LogP contribution in [-0.4, -0.2) is 75.5 Å². The predicted octanol–water partition coefficient (Wildman–Crippen LogP) is 2.84. The fourth-order valence-electron chi connectivity index (χ4n) is 6.48. The number of carbonyl (C=O) groups is 3. The van der Waals surface area contributed by atoms with Crippen LogP contribution in [-0.2, 0) is 21.7 Å². The van der Waals surface area contributed by atoms with Crippen molar-refractivity contribution in [3.05, 3.63) is 135 Å². The molecule has 2 amide bonds. The molecule has 6 rings (SSSR count). The van der Waals surface area contributed by atoms with Crippen LogP contribution in [0.4, 0.5) is 0 Å². The van der Waals surface area contributed by atoms with Crippen molar-refractivity contribution >= 4 is 28.7 Å². The van der Waals surface area contributed by atoms with Crippen LogP contribution in [0.25, 0.3) is 10.9 Å². The summed E-state index contributed by atoms with van der Waals surface area (Å²) in [5.74, 6) is -1.67. The summed E-state index contributed by atoms with van der Waals surface area (Å²) in [7, 11) is 1.47. The highest BCUT2D eigenvalue weighted by atomic mass is 16.5. The maximum Gasteiger partial charge on any atom is 0.345 e. The van der Waals surface area contributed by atoms with Gasteiger partial charge in [-0.2, -0.15) is 0 Å². The number of pyridine rings is 1. The lowest BCUT2D eigenvalue weighted by Gasteiger charge is -2.36. The van der Waals surface area contributed by atoms with Gasteiger partial charge in [-0.3, -0.25) is 14.4 Å². The van der Waals surface area contributed by atoms with E-state index in [0.717, 1.165) is 5.56 Å². The van der Waals surface area contributed by atoms with Gasteiger partial charge < -0.3 is 50.8 Å². The number of amides is 2. The molecule has 0 aliphatic heterocycles. The second-order valence-electron chi connectivity index (χ2n) is 13.1. The average molecular weight is 737 g/mol.